The predicted octanol–water partition coefficient (Wildman–Crippen LogP) is 2.30. The fourth-order valence-electron chi connectivity index (χ4n) is 1.91. The standard InChI is InChI=1S/C11H15BrN2O/c1-13-9(5-6-10(13)12)8-14-7-3-2-4-11(14)15/h5-6H,2-4,7-8H2,1H3. The van der Waals surface area contributed by atoms with Crippen LogP contribution < -0.4 is 0 Å². The first-order chi connectivity index (χ1) is 7.18. The lowest BCUT2D eigenvalue weighted by Crippen LogP contribution is -2.35. The smallest absolute Gasteiger partial charge is 0.222 e. The van der Waals surface area contributed by atoms with Crippen molar-refractivity contribution in [2.24, 2.45) is 7.05 Å². The number of hydrogen-bond donors (Lipinski definition) is 0. The molecule has 0 N–H and O–H groups in total. The fourth-order valence-corrected chi connectivity index (χ4v) is 2.27. The first-order valence-electron chi connectivity index (χ1n) is 5.26. The molecule has 0 atom stereocenters. The molecule has 82 valence electrons. The summed E-state index contributed by atoms with van der Waals surface area (Å²) >= 11 is 3.46. The summed E-state index contributed by atoms with van der Waals surface area (Å²) in [7, 11) is 2.01. The van der Waals surface area contributed by atoms with Crippen LogP contribution in [-0.2, 0) is 18.4 Å². The molecule has 0 spiro atoms. The molecule has 1 aliphatic rings. The van der Waals surface area contributed by atoms with E-state index in [0.29, 0.717) is 12.3 Å². The van der Waals surface area contributed by atoms with E-state index < -0.39 is 0 Å². The zero-order valence-corrected chi connectivity index (χ0v) is 10.5. The van der Waals surface area contributed by atoms with Crippen molar-refractivity contribution in [3.8, 4) is 0 Å². The summed E-state index contributed by atoms with van der Waals surface area (Å²) in [6, 6.07) is 4.08. The van der Waals surface area contributed by atoms with Gasteiger partial charge in [0.1, 0.15) is 0 Å². The molecule has 1 aromatic rings. The van der Waals surface area contributed by atoms with E-state index in [2.05, 4.69) is 26.6 Å². The van der Waals surface area contributed by atoms with Gasteiger partial charge in [0.2, 0.25) is 5.91 Å². The Morgan fingerprint density at radius 2 is 2.20 bits per heavy atom. The van der Waals surface area contributed by atoms with Crippen LogP contribution in [0.3, 0.4) is 0 Å². The van der Waals surface area contributed by atoms with E-state index in [4.69, 9.17) is 0 Å². The molecule has 0 radical (unpaired) electrons. The minimum atomic E-state index is 0.290. The van der Waals surface area contributed by atoms with Crippen molar-refractivity contribution < 1.29 is 4.79 Å². The number of rotatable bonds is 2. The summed E-state index contributed by atoms with van der Waals surface area (Å²) in [6.45, 7) is 1.64. The lowest BCUT2D eigenvalue weighted by molar-refractivity contribution is -0.133. The van der Waals surface area contributed by atoms with Gasteiger partial charge in [-0.3, -0.25) is 4.79 Å². The Morgan fingerprint density at radius 1 is 1.40 bits per heavy atom. The molecule has 1 fully saturated rings. The molecule has 4 heteroatoms. The average molecular weight is 271 g/mol. The van der Waals surface area contributed by atoms with Crippen molar-refractivity contribution in [1.29, 1.82) is 0 Å². The minimum Gasteiger partial charge on any atom is -0.341 e. The average Bonchev–Trinajstić information content (AvgIpc) is 2.53. The second-order valence-electron chi connectivity index (χ2n) is 3.98. The lowest BCUT2D eigenvalue weighted by Gasteiger charge is -2.26. The molecule has 0 aliphatic carbocycles. The van der Waals surface area contributed by atoms with Crippen molar-refractivity contribution in [3.05, 3.63) is 22.4 Å². The zero-order valence-electron chi connectivity index (χ0n) is 8.87. The fraction of sp³-hybridized carbons (Fsp3) is 0.545. The van der Waals surface area contributed by atoms with Crippen LogP contribution >= 0.6 is 15.9 Å². The Hall–Kier alpha value is -0.770. The highest BCUT2D eigenvalue weighted by Gasteiger charge is 2.18. The van der Waals surface area contributed by atoms with Gasteiger partial charge in [0.15, 0.2) is 0 Å². The summed E-state index contributed by atoms with van der Waals surface area (Å²) in [5.74, 6) is 0.290. The van der Waals surface area contributed by atoms with E-state index in [-0.39, 0.29) is 0 Å². The van der Waals surface area contributed by atoms with Gasteiger partial charge >= 0.3 is 0 Å². The summed E-state index contributed by atoms with van der Waals surface area (Å²) < 4.78 is 3.13. The van der Waals surface area contributed by atoms with Gasteiger partial charge in [-0.2, -0.15) is 0 Å². The van der Waals surface area contributed by atoms with E-state index in [1.807, 2.05) is 18.0 Å². The van der Waals surface area contributed by atoms with Crippen molar-refractivity contribution in [3.63, 3.8) is 0 Å². The Bertz CT molecular complexity index is 373. The summed E-state index contributed by atoms with van der Waals surface area (Å²) in [5.41, 5.74) is 1.18. The molecule has 1 aliphatic heterocycles. The van der Waals surface area contributed by atoms with E-state index in [1.165, 1.54) is 5.69 Å². The van der Waals surface area contributed by atoms with E-state index in [1.54, 1.807) is 0 Å². The van der Waals surface area contributed by atoms with Gasteiger partial charge in [0, 0.05) is 25.7 Å². The molecule has 1 aromatic heterocycles. The number of nitrogens with zero attached hydrogens (tertiary/aromatic N) is 2. The third kappa shape index (κ3) is 2.25. The summed E-state index contributed by atoms with van der Waals surface area (Å²) in [5, 5.41) is 0. The number of halogens is 1. The maximum Gasteiger partial charge on any atom is 0.222 e. The van der Waals surface area contributed by atoms with E-state index >= 15 is 0 Å². The van der Waals surface area contributed by atoms with Crippen LogP contribution in [0.1, 0.15) is 25.0 Å². The molecule has 1 amide bonds. The third-order valence-corrected chi connectivity index (χ3v) is 3.74. The quantitative estimate of drug-likeness (QED) is 0.810. The van der Waals surface area contributed by atoms with Crippen molar-refractivity contribution in [2.45, 2.75) is 25.8 Å². The number of hydrogen-bond acceptors (Lipinski definition) is 1. The van der Waals surface area contributed by atoms with Crippen molar-refractivity contribution in [1.82, 2.24) is 9.47 Å². The largest absolute Gasteiger partial charge is 0.341 e. The highest BCUT2D eigenvalue weighted by Crippen LogP contribution is 2.18. The Labute approximate surface area is 98.2 Å². The number of carbonyl (C=O) groups is 1. The van der Waals surface area contributed by atoms with Gasteiger partial charge < -0.3 is 9.47 Å². The first kappa shape index (κ1) is 10.7. The molecular formula is C11H15BrN2O. The van der Waals surface area contributed by atoms with Crippen LogP contribution in [0.2, 0.25) is 0 Å². The predicted molar refractivity (Wildman–Crippen MR) is 62.4 cm³/mol. The molecule has 2 rings (SSSR count). The number of likely N-dealkylation sites (tertiary alicyclic amines) is 1. The zero-order chi connectivity index (χ0) is 10.8. The minimum absolute atomic E-state index is 0.290. The molecule has 2 heterocycles. The summed E-state index contributed by atoms with van der Waals surface area (Å²) in [6.07, 6.45) is 2.90. The second-order valence-corrected chi connectivity index (χ2v) is 4.79. The molecular weight excluding hydrogens is 256 g/mol. The van der Waals surface area contributed by atoms with Gasteiger partial charge in [-0.1, -0.05) is 0 Å². The van der Waals surface area contributed by atoms with Gasteiger partial charge in [-0.25, -0.2) is 0 Å². The number of piperidine rings is 1. The molecule has 0 aromatic carbocycles. The first-order valence-corrected chi connectivity index (χ1v) is 6.05. The second kappa shape index (κ2) is 4.39. The molecule has 15 heavy (non-hydrogen) atoms. The van der Waals surface area contributed by atoms with Crippen molar-refractivity contribution in [2.75, 3.05) is 6.54 Å². The maximum absolute atomic E-state index is 11.6. The number of carbonyl (C=O) groups excluding carboxylic acids is 1. The van der Waals surface area contributed by atoms with Crippen LogP contribution in [0.25, 0.3) is 0 Å². The topological polar surface area (TPSA) is 25.2 Å². The Balaban J connectivity index is 2.07. The molecule has 1 saturated heterocycles. The third-order valence-electron chi connectivity index (χ3n) is 2.94. The molecule has 0 bridgehead atoms. The lowest BCUT2D eigenvalue weighted by atomic mass is 10.1. The van der Waals surface area contributed by atoms with Gasteiger partial charge in [0.25, 0.3) is 0 Å². The van der Waals surface area contributed by atoms with E-state index in [0.717, 1.165) is 30.5 Å². The van der Waals surface area contributed by atoms with Crippen LogP contribution in [0.15, 0.2) is 16.7 Å². The van der Waals surface area contributed by atoms with Gasteiger partial charge in [0.05, 0.1) is 11.1 Å². The van der Waals surface area contributed by atoms with Crippen LogP contribution in [0.4, 0.5) is 0 Å². The van der Waals surface area contributed by atoms with E-state index in [9.17, 15) is 4.79 Å². The van der Waals surface area contributed by atoms with Crippen molar-refractivity contribution >= 4 is 21.8 Å². The molecule has 0 unspecified atom stereocenters. The normalized spacial score (nSPS) is 17.2. The molecule has 0 saturated carbocycles. The highest BCUT2D eigenvalue weighted by atomic mass is 79.9. The maximum atomic E-state index is 11.6. The van der Waals surface area contributed by atoms with Crippen LogP contribution in [0, 0.1) is 0 Å². The van der Waals surface area contributed by atoms with Crippen LogP contribution in [-0.4, -0.2) is 21.9 Å². The Kier molecular flexibility index (Phi) is 3.14. The van der Waals surface area contributed by atoms with Crippen LogP contribution in [0.5, 0.6) is 0 Å². The number of aromatic nitrogens is 1. The van der Waals surface area contributed by atoms with Gasteiger partial charge in [-0.15, -0.1) is 0 Å². The Morgan fingerprint density at radius 3 is 2.80 bits per heavy atom. The molecule has 3 nitrogen and oxygen atoms in total. The highest BCUT2D eigenvalue weighted by molar-refractivity contribution is 9.10. The summed E-state index contributed by atoms with van der Waals surface area (Å²) in [4.78, 5) is 13.6. The SMILES string of the molecule is Cn1c(Br)ccc1CN1CCCCC1=O. The monoisotopic (exact) mass is 270 g/mol. The number of amides is 1. The van der Waals surface area contributed by atoms with Gasteiger partial charge in [-0.05, 0) is 40.9 Å².